The van der Waals surface area contributed by atoms with Crippen molar-refractivity contribution in [1.82, 2.24) is 29.4 Å². The summed E-state index contributed by atoms with van der Waals surface area (Å²) in [5.74, 6) is 0.386. The largest absolute Gasteiger partial charge is 0.416 e. The second-order valence-electron chi connectivity index (χ2n) is 5.99. The number of hydrogen-bond donors (Lipinski definition) is 0. The summed E-state index contributed by atoms with van der Waals surface area (Å²) in [6.45, 7) is 1.99. The van der Waals surface area contributed by atoms with Gasteiger partial charge in [0.05, 0.1) is 24.1 Å². The van der Waals surface area contributed by atoms with Gasteiger partial charge in [-0.25, -0.2) is 8.42 Å². The molecule has 0 bridgehead atoms. The molecule has 8 nitrogen and oxygen atoms in total. The highest BCUT2D eigenvalue weighted by molar-refractivity contribution is 7.88. The van der Waals surface area contributed by atoms with Crippen molar-refractivity contribution in [1.29, 1.82) is 0 Å². The Hall–Kier alpha value is -2.05. The van der Waals surface area contributed by atoms with Gasteiger partial charge in [-0.05, 0) is 28.6 Å². The van der Waals surface area contributed by atoms with Gasteiger partial charge in [-0.2, -0.15) is 22.2 Å². The van der Waals surface area contributed by atoms with E-state index in [9.17, 15) is 21.6 Å². The SMILES string of the molecule is CS(=O)(=O)N1CCN(Cc2nnnn2-c2cccc(C(F)(F)F)c2)CC1. The van der Waals surface area contributed by atoms with Crippen molar-refractivity contribution in [2.45, 2.75) is 12.7 Å². The minimum Gasteiger partial charge on any atom is -0.293 e. The van der Waals surface area contributed by atoms with E-state index in [0.717, 1.165) is 18.4 Å². The predicted molar refractivity (Wildman–Crippen MR) is 85.8 cm³/mol. The van der Waals surface area contributed by atoms with Crippen molar-refractivity contribution in [3.8, 4) is 5.69 Å². The van der Waals surface area contributed by atoms with Gasteiger partial charge >= 0.3 is 6.18 Å². The molecule has 3 rings (SSSR count). The summed E-state index contributed by atoms with van der Waals surface area (Å²) in [6.07, 6.45) is -3.29. The van der Waals surface area contributed by atoms with Gasteiger partial charge in [0, 0.05) is 26.2 Å². The molecular weight excluding hydrogens is 373 g/mol. The number of benzene rings is 1. The van der Waals surface area contributed by atoms with E-state index in [1.54, 1.807) is 0 Å². The molecule has 26 heavy (non-hydrogen) atoms. The highest BCUT2D eigenvalue weighted by atomic mass is 32.2. The average molecular weight is 390 g/mol. The van der Waals surface area contributed by atoms with Crippen molar-refractivity contribution in [2.24, 2.45) is 0 Å². The van der Waals surface area contributed by atoms with Crippen molar-refractivity contribution >= 4 is 10.0 Å². The fourth-order valence-corrected chi connectivity index (χ4v) is 3.56. The lowest BCUT2D eigenvalue weighted by atomic mass is 10.2. The number of tetrazole rings is 1. The zero-order valence-electron chi connectivity index (χ0n) is 13.9. The predicted octanol–water partition coefficient (Wildman–Crippen LogP) is 0.758. The minimum absolute atomic E-state index is 0.217. The number of halogens is 3. The summed E-state index contributed by atoms with van der Waals surface area (Å²) < 4.78 is 64.4. The van der Waals surface area contributed by atoms with Crippen LogP contribution in [0.25, 0.3) is 5.69 Å². The Morgan fingerprint density at radius 3 is 2.46 bits per heavy atom. The lowest BCUT2D eigenvalue weighted by Gasteiger charge is -2.32. The van der Waals surface area contributed by atoms with Gasteiger partial charge in [-0.3, -0.25) is 4.90 Å². The zero-order valence-corrected chi connectivity index (χ0v) is 14.7. The van der Waals surface area contributed by atoms with Gasteiger partial charge in [-0.15, -0.1) is 5.10 Å². The Bertz CT molecular complexity index is 875. The first-order valence-electron chi connectivity index (χ1n) is 7.77. The number of rotatable bonds is 4. The van der Waals surface area contributed by atoms with Crippen LogP contribution in [0.2, 0.25) is 0 Å². The second kappa shape index (κ2) is 6.93. The van der Waals surface area contributed by atoms with Crippen LogP contribution in [0.3, 0.4) is 0 Å². The molecule has 2 heterocycles. The molecule has 0 atom stereocenters. The topological polar surface area (TPSA) is 84.2 Å². The number of aromatic nitrogens is 4. The maximum atomic E-state index is 12.9. The summed E-state index contributed by atoms with van der Waals surface area (Å²) in [4.78, 5) is 1.96. The Morgan fingerprint density at radius 2 is 1.85 bits per heavy atom. The average Bonchev–Trinajstić information content (AvgIpc) is 3.02. The Kier molecular flexibility index (Phi) is 4.99. The smallest absolute Gasteiger partial charge is 0.293 e. The Morgan fingerprint density at radius 1 is 1.15 bits per heavy atom. The third-order valence-electron chi connectivity index (χ3n) is 4.12. The quantitative estimate of drug-likeness (QED) is 0.766. The first kappa shape index (κ1) is 18.7. The molecule has 1 saturated heterocycles. The van der Waals surface area contributed by atoms with Crippen molar-refractivity contribution < 1.29 is 21.6 Å². The van der Waals surface area contributed by atoms with Crippen LogP contribution in [0.1, 0.15) is 11.4 Å². The van der Waals surface area contributed by atoms with Crippen LogP contribution in [0.5, 0.6) is 0 Å². The lowest BCUT2D eigenvalue weighted by molar-refractivity contribution is -0.137. The molecule has 0 amide bonds. The monoisotopic (exact) mass is 390 g/mol. The van der Waals surface area contributed by atoms with E-state index in [1.165, 1.54) is 21.1 Å². The standard InChI is InChI=1S/C14H17F3N6O2S/c1-26(24,25)22-7-5-21(6-8-22)10-13-18-19-20-23(13)12-4-2-3-11(9-12)14(15,16)17/h2-4,9H,5-8,10H2,1H3. The zero-order chi connectivity index (χ0) is 18.9. The third kappa shape index (κ3) is 4.19. The molecule has 0 N–H and O–H groups in total. The molecular formula is C14H17F3N6O2S. The summed E-state index contributed by atoms with van der Waals surface area (Å²) in [6, 6.07) is 4.77. The number of hydrogen-bond acceptors (Lipinski definition) is 6. The maximum absolute atomic E-state index is 12.9. The van der Waals surface area contributed by atoms with Crippen LogP contribution in [0.4, 0.5) is 13.2 Å². The molecule has 1 aliphatic rings. The van der Waals surface area contributed by atoms with Crippen molar-refractivity contribution in [2.75, 3.05) is 32.4 Å². The van der Waals surface area contributed by atoms with E-state index in [4.69, 9.17) is 0 Å². The van der Waals surface area contributed by atoms with Gasteiger partial charge in [-0.1, -0.05) is 6.07 Å². The Labute approximate surface area is 148 Å². The molecule has 0 radical (unpaired) electrons. The number of piperazine rings is 1. The fourth-order valence-electron chi connectivity index (χ4n) is 2.74. The number of sulfonamides is 1. The summed E-state index contributed by atoms with van der Waals surface area (Å²) in [5.41, 5.74) is -0.562. The highest BCUT2D eigenvalue weighted by Crippen LogP contribution is 2.30. The van der Waals surface area contributed by atoms with Crippen LogP contribution in [-0.4, -0.2) is 70.3 Å². The van der Waals surface area contributed by atoms with E-state index in [-0.39, 0.29) is 5.69 Å². The lowest BCUT2D eigenvalue weighted by Crippen LogP contribution is -2.48. The van der Waals surface area contributed by atoms with Gasteiger partial charge < -0.3 is 0 Å². The van der Waals surface area contributed by atoms with E-state index in [1.807, 2.05) is 4.90 Å². The van der Waals surface area contributed by atoms with Gasteiger partial charge in [0.25, 0.3) is 0 Å². The fraction of sp³-hybridized carbons (Fsp3) is 0.500. The normalized spacial score (nSPS) is 17.5. The minimum atomic E-state index is -4.45. The molecule has 1 fully saturated rings. The molecule has 0 spiro atoms. The van der Waals surface area contributed by atoms with E-state index < -0.39 is 21.8 Å². The number of nitrogens with zero attached hydrogens (tertiary/aromatic N) is 6. The second-order valence-corrected chi connectivity index (χ2v) is 7.98. The molecule has 1 aromatic carbocycles. The van der Waals surface area contributed by atoms with Gasteiger partial charge in [0.2, 0.25) is 10.0 Å². The van der Waals surface area contributed by atoms with Crippen molar-refractivity contribution in [3.63, 3.8) is 0 Å². The first-order valence-corrected chi connectivity index (χ1v) is 9.62. The van der Waals surface area contributed by atoms with E-state index in [0.29, 0.717) is 38.5 Å². The van der Waals surface area contributed by atoms with Crippen LogP contribution in [0.15, 0.2) is 24.3 Å². The molecule has 2 aromatic rings. The molecule has 1 aromatic heterocycles. The Balaban J connectivity index is 1.74. The van der Waals surface area contributed by atoms with Gasteiger partial charge in [0.15, 0.2) is 5.82 Å². The summed E-state index contributed by atoms with van der Waals surface area (Å²) in [5, 5.41) is 11.2. The molecule has 142 valence electrons. The van der Waals surface area contributed by atoms with Crippen molar-refractivity contribution in [3.05, 3.63) is 35.7 Å². The van der Waals surface area contributed by atoms with Crippen LogP contribution in [-0.2, 0) is 22.7 Å². The van der Waals surface area contributed by atoms with Crippen LogP contribution >= 0.6 is 0 Å². The molecule has 0 saturated carbocycles. The van der Waals surface area contributed by atoms with Gasteiger partial charge in [0.1, 0.15) is 0 Å². The molecule has 1 aliphatic heterocycles. The van der Waals surface area contributed by atoms with Crippen LogP contribution < -0.4 is 0 Å². The van der Waals surface area contributed by atoms with E-state index >= 15 is 0 Å². The summed E-state index contributed by atoms with van der Waals surface area (Å²) in [7, 11) is -3.23. The first-order chi connectivity index (χ1) is 12.1. The molecule has 0 aliphatic carbocycles. The van der Waals surface area contributed by atoms with E-state index in [2.05, 4.69) is 15.5 Å². The molecule has 12 heteroatoms. The third-order valence-corrected chi connectivity index (χ3v) is 5.42. The van der Waals surface area contributed by atoms with Crippen LogP contribution in [0, 0.1) is 0 Å². The summed E-state index contributed by atoms with van der Waals surface area (Å²) >= 11 is 0. The molecule has 0 unspecified atom stereocenters. The highest BCUT2D eigenvalue weighted by Gasteiger charge is 2.31. The maximum Gasteiger partial charge on any atom is 0.416 e. The number of alkyl halides is 3.